The van der Waals surface area contributed by atoms with Crippen molar-refractivity contribution in [1.82, 2.24) is 4.57 Å². The molecule has 0 radical (unpaired) electrons. The Hall–Kier alpha value is -3.11. The normalized spacial score (nSPS) is 15.5. The van der Waals surface area contributed by atoms with Gasteiger partial charge in [-0.25, -0.2) is 0 Å². The second-order valence-electron chi connectivity index (χ2n) is 8.38. The first-order chi connectivity index (χ1) is 14.9. The number of thiophene rings is 1. The molecule has 1 unspecified atom stereocenters. The molecule has 31 heavy (non-hydrogen) atoms. The van der Waals surface area contributed by atoms with Crippen molar-refractivity contribution < 1.29 is 9.53 Å². The number of rotatable bonds is 5. The molecule has 6 nitrogen and oxygen atoms in total. The number of nitriles is 1. The molecule has 1 aliphatic carbocycles. The van der Waals surface area contributed by atoms with Gasteiger partial charge in [-0.05, 0) is 74.2 Å². The van der Waals surface area contributed by atoms with Crippen molar-refractivity contribution in [3.63, 3.8) is 0 Å². The van der Waals surface area contributed by atoms with Crippen molar-refractivity contribution in [3.05, 3.63) is 56.8 Å². The molecule has 1 aliphatic rings. The Morgan fingerprint density at radius 1 is 1.39 bits per heavy atom. The molecule has 1 amide bonds. The third-order valence-corrected chi connectivity index (χ3v) is 6.68. The van der Waals surface area contributed by atoms with E-state index < -0.39 is 0 Å². The number of hydrogen-bond donors (Lipinski definition) is 1. The van der Waals surface area contributed by atoms with E-state index in [-0.39, 0.29) is 24.1 Å². The second-order valence-corrected chi connectivity index (χ2v) is 9.49. The molecule has 0 fully saturated rings. The quantitative estimate of drug-likeness (QED) is 0.640. The van der Waals surface area contributed by atoms with Crippen LogP contribution in [-0.4, -0.2) is 16.6 Å². The first-order valence-corrected chi connectivity index (χ1v) is 11.3. The van der Waals surface area contributed by atoms with Gasteiger partial charge in [-0.3, -0.25) is 9.59 Å². The summed E-state index contributed by atoms with van der Waals surface area (Å²) >= 11 is 1.49. The van der Waals surface area contributed by atoms with Gasteiger partial charge in [0.15, 0.2) is 0 Å². The Kier molecular flexibility index (Phi) is 5.84. The molecule has 160 valence electrons. The average Bonchev–Trinajstić information content (AvgIpc) is 3.05. The third kappa shape index (κ3) is 4.35. The van der Waals surface area contributed by atoms with Gasteiger partial charge < -0.3 is 14.6 Å². The molecule has 1 atom stereocenters. The second kappa shape index (κ2) is 8.56. The van der Waals surface area contributed by atoms with E-state index in [9.17, 15) is 14.9 Å². The summed E-state index contributed by atoms with van der Waals surface area (Å²) < 4.78 is 7.08. The summed E-state index contributed by atoms with van der Waals surface area (Å²) in [5.74, 6) is 0.977. The van der Waals surface area contributed by atoms with E-state index in [2.05, 4.69) is 18.3 Å². The maximum Gasteiger partial charge on any atom is 0.258 e. The topological polar surface area (TPSA) is 84.1 Å². The number of nitrogens with one attached hydrogen (secondary N) is 1. The molecule has 2 heterocycles. The zero-order valence-electron chi connectivity index (χ0n) is 17.9. The number of benzene rings is 1. The summed E-state index contributed by atoms with van der Waals surface area (Å²) in [6, 6.07) is 9.39. The van der Waals surface area contributed by atoms with Crippen LogP contribution in [0.4, 0.5) is 5.00 Å². The Bertz CT molecular complexity index is 1250. The number of carbonyl (C=O) groups is 1. The number of anilines is 1. The van der Waals surface area contributed by atoms with Crippen LogP contribution in [-0.2, 0) is 24.2 Å². The standard InChI is InChI=1S/C24H25N3O3S/c1-14(2)30-17-5-7-18-16(11-17)8-9-27(24(18)29)13-22(28)26-23-20(12-25)19-6-4-15(3)10-21(19)31-23/h5,7-9,11,14-15H,4,6,10,13H2,1-3H3,(H,26,28). The van der Waals surface area contributed by atoms with E-state index in [4.69, 9.17) is 4.74 Å². The van der Waals surface area contributed by atoms with Gasteiger partial charge in [0, 0.05) is 16.5 Å². The van der Waals surface area contributed by atoms with Crippen molar-refractivity contribution in [2.75, 3.05) is 5.32 Å². The van der Waals surface area contributed by atoms with Crippen LogP contribution >= 0.6 is 11.3 Å². The van der Waals surface area contributed by atoms with Gasteiger partial charge in [0.2, 0.25) is 5.91 Å². The molecule has 3 aromatic rings. The lowest BCUT2D eigenvalue weighted by molar-refractivity contribution is -0.116. The van der Waals surface area contributed by atoms with Crippen molar-refractivity contribution in [2.45, 2.75) is 52.7 Å². The zero-order valence-corrected chi connectivity index (χ0v) is 18.7. The van der Waals surface area contributed by atoms with E-state index in [0.717, 1.165) is 30.2 Å². The maximum atomic E-state index is 12.9. The van der Waals surface area contributed by atoms with Gasteiger partial charge in [0.25, 0.3) is 5.56 Å². The van der Waals surface area contributed by atoms with Crippen LogP contribution in [0.25, 0.3) is 10.8 Å². The van der Waals surface area contributed by atoms with Gasteiger partial charge in [-0.1, -0.05) is 6.92 Å². The predicted octanol–water partition coefficient (Wildman–Crippen LogP) is 4.49. The molecule has 2 aromatic heterocycles. The molecule has 0 saturated heterocycles. The largest absolute Gasteiger partial charge is 0.491 e. The Morgan fingerprint density at radius 2 is 2.19 bits per heavy atom. The highest BCUT2D eigenvalue weighted by molar-refractivity contribution is 7.16. The summed E-state index contributed by atoms with van der Waals surface area (Å²) in [5, 5.41) is 14.4. The third-order valence-electron chi connectivity index (χ3n) is 5.51. The minimum atomic E-state index is -0.315. The van der Waals surface area contributed by atoms with Gasteiger partial charge in [0.1, 0.15) is 23.4 Å². The predicted molar refractivity (Wildman–Crippen MR) is 123 cm³/mol. The van der Waals surface area contributed by atoms with Crippen LogP contribution < -0.4 is 15.6 Å². The lowest BCUT2D eigenvalue weighted by Gasteiger charge is -2.17. The lowest BCUT2D eigenvalue weighted by Crippen LogP contribution is -2.27. The fourth-order valence-corrected chi connectivity index (χ4v) is 5.39. The molecule has 7 heteroatoms. The van der Waals surface area contributed by atoms with Crippen molar-refractivity contribution in [1.29, 1.82) is 5.26 Å². The summed E-state index contributed by atoms with van der Waals surface area (Å²) in [4.78, 5) is 26.7. The highest BCUT2D eigenvalue weighted by Gasteiger charge is 2.24. The van der Waals surface area contributed by atoms with Crippen LogP contribution in [0.2, 0.25) is 0 Å². The molecule has 0 saturated carbocycles. The molecule has 0 aliphatic heterocycles. The minimum Gasteiger partial charge on any atom is -0.491 e. The van der Waals surface area contributed by atoms with E-state index in [0.29, 0.717) is 27.6 Å². The van der Waals surface area contributed by atoms with Crippen molar-refractivity contribution in [2.24, 2.45) is 5.92 Å². The van der Waals surface area contributed by atoms with Crippen molar-refractivity contribution in [3.8, 4) is 11.8 Å². The number of nitrogens with zero attached hydrogens (tertiary/aromatic N) is 2. The molecular formula is C24H25N3O3S. The van der Waals surface area contributed by atoms with E-state index in [1.807, 2.05) is 26.0 Å². The number of aromatic nitrogens is 1. The van der Waals surface area contributed by atoms with Crippen LogP contribution in [0.5, 0.6) is 5.75 Å². The van der Waals surface area contributed by atoms with Crippen LogP contribution in [0.15, 0.2) is 35.3 Å². The lowest BCUT2D eigenvalue weighted by atomic mass is 9.89. The monoisotopic (exact) mass is 435 g/mol. The molecular weight excluding hydrogens is 410 g/mol. The molecule has 0 bridgehead atoms. The fourth-order valence-electron chi connectivity index (χ4n) is 4.01. The van der Waals surface area contributed by atoms with Crippen LogP contribution in [0, 0.1) is 17.2 Å². The smallest absolute Gasteiger partial charge is 0.258 e. The molecule has 4 rings (SSSR count). The molecule has 1 N–H and O–H groups in total. The van der Waals surface area contributed by atoms with E-state index in [1.165, 1.54) is 20.8 Å². The van der Waals surface area contributed by atoms with Gasteiger partial charge in [0.05, 0.1) is 11.7 Å². The Morgan fingerprint density at radius 3 is 2.94 bits per heavy atom. The minimum absolute atomic E-state index is 0.0472. The SMILES string of the molecule is CC1CCc2c(sc(NC(=O)Cn3ccc4cc(OC(C)C)ccc4c3=O)c2C#N)C1. The summed E-state index contributed by atoms with van der Waals surface area (Å²) in [6.45, 7) is 5.99. The van der Waals surface area contributed by atoms with E-state index >= 15 is 0 Å². The number of hydrogen-bond acceptors (Lipinski definition) is 5. The number of amides is 1. The zero-order chi connectivity index (χ0) is 22.1. The highest BCUT2D eigenvalue weighted by atomic mass is 32.1. The van der Waals surface area contributed by atoms with Gasteiger partial charge in [-0.2, -0.15) is 5.26 Å². The van der Waals surface area contributed by atoms with E-state index in [1.54, 1.807) is 18.3 Å². The van der Waals surface area contributed by atoms with Crippen LogP contribution in [0.1, 0.15) is 43.2 Å². The summed E-state index contributed by atoms with van der Waals surface area (Å²) in [5.41, 5.74) is 1.41. The number of ether oxygens (including phenoxy) is 1. The first-order valence-electron chi connectivity index (χ1n) is 10.5. The molecule has 1 aromatic carbocycles. The maximum absolute atomic E-state index is 12.9. The number of pyridine rings is 1. The van der Waals surface area contributed by atoms with Gasteiger partial charge >= 0.3 is 0 Å². The number of carbonyl (C=O) groups excluding carboxylic acids is 1. The number of fused-ring (bicyclic) bond motifs is 2. The molecule has 0 spiro atoms. The first kappa shape index (κ1) is 21.1. The average molecular weight is 436 g/mol. The Balaban J connectivity index is 1.55. The highest BCUT2D eigenvalue weighted by Crippen LogP contribution is 2.39. The summed E-state index contributed by atoms with van der Waals surface area (Å²) in [7, 11) is 0. The van der Waals surface area contributed by atoms with Gasteiger partial charge in [-0.15, -0.1) is 11.3 Å². The van der Waals surface area contributed by atoms with Crippen molar-refractivity contribution >= 4 is 33.0 Å². The summed E-state index contributed by atoms with van der Waals surface area (Å²) in [6.07, 6.45) is 4.54. The fraction of sp³-hybridized carbons (Fsp3) is 0.375. The van der Waals surface area contributed by atoms with Crippen LogP contribution in [0.3, 0.4) is 0 Å². The Labute approximate surface area is 185 Å².